The van der Waals surface area contributed by atoms with Gasteiger partial charge in [-0.1, -0.05) is 11.6 Å². The van der Waals surface area contributed by atoms with Gasteiger partial charge in [-0.15, -0.1) is 0 Å². The fourth-order valence-corrected chi connectivity index (χ4v) is 1.42. The third-order valence-electron chi connectivity index (χ3n) is 2.23. The second kappa shape index (κ2) is 4.54. The molecule has 0 unspecified atom stereocenters. The topological polar surface area (TPSA) is 67.6 Å². The van der Waals surface area contributed by atoms with Crippen LogP contribution in [0.25, 0.3) is 0 Å². The van der Waals surface area contributed by atoms with Gasteiger partial charge in [-0.2, -0.15) is 10.4 Å². The van der Waals surface area contributed by atoms with Crippen LogP contribution in [0.3, 0.4) is 0 Å². The molecule has 0 fully saturated rings. The van der Waals surface area contributed by atoms with Crippen molar-refractivity contribution < 1.29 is 0 Å². The molecule has 0 saturated carbocycles. The molecule has 2 N–H and O–H groups in total. The summed E-state index contributed by atoms with van der Waals surface area (Å²) in [7, 11) is 0. The summed E-state index contributed by atoms with van der Waals surface area (Å²) in [6.07, 6.45) is 3.43. The maximum absolute atomic E-state index is 8.83. The van der Waals surface area contributed by atoms with E-state index in [0.717, 1.165) is 19.4 Å². The van der Waals surface area contributed by atoms with Crippen molar-refractivity contribution in [2.24, 2.45) is 5.41 Å². The lowest BCUT2D eigenvalue weighted by molar-refractivity contribution is 0.407. The Morgan fingerprint density at radius 1 is 1.67 bits per heavy atom. The van der Waals surface area contributed by atoms with Crippen LogP contribution in [0.4, 0.5) is 5.82 Å². The summed E-state index contributed by atoms with van der Waals surface area (Å²) in [5.41, 5.74) is 5.23. The molecule has 15 heavy (non-hydrogen) atoms. The lowest BCUT2D eigenvalue weighted by Crippen LogP contribution is -2.10. The van der Waals surface area contributed by atoms with E-state index < -0.39 is 0 Å². The molecule has 0 radical (unpaired) electrons. The van der Waals surface area contributed by atoms with Crippen LogP contribution in [-0.4, -0.2) is 9.78 Å². The maximum Gasteiger partial charge on any atom is 0.164 e. The number of aryl methyl sites for hydroxylation is 1. The van der Waals surface area contributed by atoms with E-state index in [-0.39, 0.29) is 5.41 Å². The molecule has 0 saturated heterocycles. The van der Waals surface area contributed by atoms with Crippen LogP contribution >= 0.6 is 11.6 Å². The van der Waals surface area contributed by atoms with Gasteiger partial charge in [0, 0.05) is 12.7 Å². The Morgan fingerprint density at radius 2 is 2.33 bits per heavy atom. The third-order valence-corrected chi connectivity index (χ3v) is 2.53. The van der Waals surface area contributed by atoms with Crippen LogP contribution in [-0.2, 0) is 6.54 Å². The van der Waals surface area contributed by atoms with Crippen molar-refractivity contribution in [1.29, 1.82) is 5.26 Å². The van der Waals surface area contributed by atoms with Crippen LogP contribution in [0, 0.1) is 16.7 Å². The average Bonchev–Trinajstić information content (AvgIpc) is 2.46. The van der Waals surface area contributed by atoms with Crippen LogP contribution in [0.5, 0.6) is 0 Å². The monoisotopic (exact) mass is 226 g/mol. The summed E-state index contributed by atoms with van der Waals surface area (Å²) < 4.78 is 1.71. The highest BCUT2D eigenvalue weighted by molar-refractivity contribution is 6.32. The van der Waals surface area contributed by atoms with E-state index >= 15 is 0 Å². The first-order chi connectivity index (χ1) is 6.94. The molecule has 0 aromatic carbocycles. The van der Waals surface area contributed by atoms with Crippen molar-refractivity contribution >= 4 is 17.4 Å². The predicted octanol–water partition coefficient (Wildman–Crippen LogP) is 2.45. The van der Waals surface area contributed by atoms with E-state index in [4.69, 9.17) is 22.6 Å². The Hall–Kier alpha value is -1.21. The summed E-state index contributed by atoms with van der Waals surface area (Å²) in [6.45, 7) is 4.59. The highest BCUT2D eigenvalue weighted by Crippen LogP contribution is 2.21. The number of rotatable bonds is 4. The normalized spacial score (nSPS) is 11.3. The standard InChI is InChI=1S/C10H15ClN4/c1-10(2,7-12)4-3-5-15-6-8(11)9(13)14-15/h6H,3-5H2,1-2H3,(H2,13,14). The van der Waals surface area contributed by atoms with Gasteiger partial charge >= 0.3 is 0 Å². The third kappa shape index (κ3) is 3.45. The second-order valence-electron chi connectivity index (χ2n) is 4.22. The van der Waals surface area contributed by atoms with Crippen molar-refractivity contribution in [3.63, 3.8) is 0 Å². The zero-order valence-corrected chi connectivity index (χ0v) is 9.75. The fourth-order valence-electron chi connectivity index (χ4n) is 1.27. The van der Waals surface area contributed by atoms with Gasteiger partial charge in [0.25, 0.3) is 0 Å². The minimum Gasteiger partial charge on any atom is -0.381 e. The zero-order chi connectivity index (χ0) is 11.5. The summed E-state index contributed by atoms with van der Waals surface area (Å²) in [4.78, 5) is 0. The quantitative estimate of drug-likeness (QED) is 0.858. The highest BCUT2D eigenvalue weighted by Gasteiger charge is 2.15. The Morgan fingerprint density at radius 3 is 2.80 bits per heavy atom. The number of halogens is 1. The number of nitrogens with zero attached hydrogens (tertiary/aromatic N) is 3. The minimum atomic E-state index is -0.275. The van der Waals surface area contributed by atoms with Gasteiger partial charge in [0.1, 0.15) is 5.02 Å². The zero-order valence-electron chi connectivity index (χ0n) is 9.00. The number of nitrogens with two attached hydrogens (primary N) is 1. The second-order valence-corrected chi connectivity index (χ2v) is 4.63. The molecular weight excluding hydrogens is 212 g/mol. The van der Waals surface area contributed by atoms with Gasteiger partial charge in [-0.05, 0) is 26.7 Å². The molecule has 0 atom stereocenters. The Bertz CT molecular complexity index is 356. The molecule has 0 bridgehead atoms. The lowest BCUT2D eigenvalue weighted by atomic mass is 9.90. The molecule has 1 aromatic rings. The van der Waals surface area contributed by atoms with Crippen molar-refractivity contribution in [3.8, 4) is 6.07 Å². The molecule has 0 amide bonds. The number of anilines is 1. The van der Waals surface area contributed by atoms with Gasteiger partial charge < -0.3 is 5.73 Å². The van der Waals surface area contributed by atoms with E-state index in [2.05, 4.69) is 11.2 Å². The molecule has 1 heterocycles. The Balaban J connectivity index is 2.42. The van der Waals surface area contributed by atoms with Crippen LogP contribution in [0.1, 0.15) is 26.7 Å². The summed E-state index contributed by atoms with van der Waals surface area (Å²) in [6, 6.07) is 2.26. The first kappa shape index (κ1) is 11.9. The average molecular weight is 227 g/mol. The largest absolute Gasteiger partial charge is 0.381 e. The Kier molecular flexibility index (Phi) is 3.59. The number of nitrogen functional groups attached to an aromatic ring is 1. The van der Waals surface area contributed by atoms with Gasteiger partial charge in [0.05, 0.1) is 11.5 Å². The minimum absolute atomic E-state index is 0.275. The molecule has 4 nitrogen and oxygen atoms in total. The van der Waals surface area contributed by atoms with Crippen LogP contribution < -0.4 is 5.73 Å². The van der Waals surface area contributed by atoms with Crippen LogP contribution in [0.2, 0.25) is 5.02 Å². The highest BCUT2D eigenvalue weighted by atomic mass is 35.5. The molecule has 0 aliphatic carbocycles. The first-order valence-corrected chi connectivity index (χ1v) is 5.22. The van der Waals surface area contributed by atoms with E-state index in [1.165, 1.54) is 0 Å². The number of hydrogen-bond donors (Lipinski definition) is 1. The molecule has 82 valence electrons. The Labute approximate surface area is 94.6 Å². The van der Waals surface area contributed by atoms with Crippen molar-refractivity contribution in [3.05, 3.63) is 11.2 Å². The van der Waals surface area contributed by atoms with Crippen LogP contribution in [0.15, 0.2) is 6.20 Å². The molecule has 0 spiro atoms. The summed E-state index contributed by atoms with van der Waals surface area (Å²) in [5, 5.41) is 13.3. The van der Waals surface area contributed by atoms with Gasteiger partial charge in [0.2, 0.25) is 0 Å². The first-order valence-electron chi connectivity index (χ1n) is 4.84. The van der Waals surface area contributed by atoms with Crippen molar-refractivity contribution in [1.82, 2.24) is 9.78 Å². The predicted molar refractivity (Wildman–Crippen MR) is 60.3 cm³/mol. The molecular formula is C10H15ClN4. The van der Waals surface area contributed by atoms with Crippen molar-refractivity contribution in [2.75, 3.05) is 5.73 Å². The molecule has 5 heteroatoms. The molecule has 1 rings (SSSR count). The van der Waals surface area contributed by atoms with E-state index in [1.807, 2.05) is 13.8 Å². The number of nitriles is 1. The molecule has 0 aliphatic rings. The van der Waals surface area contributed by atoms with Gasteiger partial charge in [0.15, 0.2) is 5.82 Å². The summed E-state index contributed by atoms with van der Waals surface area (Å²) >= 11 is 5.76. The van der Waals surface area contributed by atoms with E-state index in [1.54, 1.807) is 10.9 Å². The maximum atomic E-state index is 8.83. The summed E-state index contributed by atoms with van der Waals surface area (Å²) in [5.74, 6) is 0.358. The van der Waals surface area contributed by atoms with Gasteiger partial charge in [-0.25, -0.2) is 0 Å². The van der Waals surface area contributed by atoms with E-state index in [9.17, 15) is 0 Å². The lowest BCUT2D eigenvalue weighted by Gasteiger charge is -2.14. The molecule has 0 aliphatic heterocycles. The SMILES string of the molecule is CC(C)(C#N)CCCn1cc(Cl)c(N)n1. The van der Waals surface area contributed by atoms with Gasteiger partial charge in [-0.3, -0.25) is 4.68 Å². The number of hydrogen-bond acceptors (Lipinski definition) is 3. The smallest absolute Gasteiger partial charge is 0.164 e. The fraction of sp³-hybridized carbons (Fsp3) is 0.600. The van der Waals surface area contributed by atoms with Crippen molar-refractivity contribution in [2.45, 2.75) is 33.2 Å². The molecule has 1 aromatic heterocycles. The van der Waals surface area contributed by atoms with E-state index in [0.29, 0.717) is 10.8 Å². The number of aromatic nitrogens is 2.